The maximum Gasteiger partial charge on any atom is 0.123 e. The van der Waals surface area contributed by atoms with Crippen LogP contribution in [0.3, 0.4) is 0 Å². The van der Waals surface area contributed by atoms with Crippen molar-refractivity contribution in [2.75, 3.05) is 13.7 Å². The molecule has 1 aliphatic rings. The molecular weight excluding hydrogens is 190 g/mol. The molecule has 82 valence electrons. The minimum Gasteiger partial charge on any atom is -0.497 e. The summed E-state index contributed by atoms with van der Waals surface area (Å²) in [5.74, 6) is 2.27. The molecule has 2 N–H and O–H groups in total. The van der Waals surface area contributed by atoms with Gasteiger partial charge in [0, 0.05) is 17.5 Å². The van der Waals surface area contributed by atoms with Gasteiger partial charge in [0.25, 0.3) is 0 Å². The molecule has 0 bridgehead atoms. The van der Waals surface area contributed by atoms with Crippen LogP contribution in [0.5, 0.6) is 11.5 Å². The Morgan fingerprint density at radius 2 is 2.40 bits per heavy atom. The van der Waals surface area contributed by atoms with Crippen molar-refractivity contribution in [1.29, 1.82) is 0 Å². The maximum absolute atomic E-state index is 5.81. The van der Waals surface area contributed by atoms with Gasteiger partial charge >= 0.3 is 0 Å². The van der Waals surface area contributed by atoms with Gasteiger partial charge < -0.3 is 15.2 Å². The molecule has 0 amide bonds. The zero-order valence-electron chi connectivity index (χ0n) is 9.19. The first-order chi connectivity index (χ1) is 7.20. The highest BCUT2D eigenvalue weighted by Gasteiger charge is 2.25. The molecule has 0 aromatic heterocycles. The van der Waals surface area contributed by atoms with Gasteiger partial charge in [-0.05, 0) is 31.5 Å². The molecule has 3 heteroatoms. The van der Waals surface area contributed by atoms with E-state index in [-0.39, 0.29) is 6.04 Å². The van der Waals surface area contributed by atoms with E-state index in [1.807, 2.05) is 19.1 Å². The van der Waals surface area contributed by atoms with E-state index in [1.165, 1.54) is 5.56 Å². The Bertz CT molecular complexity index is 349. The number of methoxy groups -OCH3 is 1. The number of hydrogen-bond acceptors (Lipinski definition) is 3. The van der Waals surface area contributed by atoms with E-state index >= 15 is 0 Å². The first kappa shape index (κ1) is 10.3. The average molecular weight is 207 g/mol. The summed E-state index contributed by atoms with van der Waals surface area (Å²) < 4.78 is 10.8. The molecule has 15 heavy (non-hydrogen) atoms. The van der Waals surface area contributed by atoms with Gasteiger partial charge in [0.15, 0.2) is 0 Å². The standard InChI is InChI=1S/C12H17NO2/c1-8(13)5-9-7-15-12-4-3-10(14-2)6-11(9)12/h3-4,6,8-9H,5,7,13H2,1-2H3. The fourth-order valence-electron chi connectivity index (χ4n) is 2.03. The number of hydrogen-bond donors (Lipinski definition) is 1. The van der Waals surface area contributed by atoms with Gasteiger partial charge in [0.05, 0.1) is 13.7 Å². The summed E-state index contributed by atoms with van der Waals surface area (Å²) in [5, 5.41) is 0. The molecule has 0 saturated heterocycles. The lowest BCUT2D eigenvalue weighted by Crippen LogP contribution is -2.19. The van der Waals surface area contributed by atoms with Gasteiger partial charge in [0.2, 0.25) is 0 Å². The normalized spacial score (nSPS) is 20.6. The zero-order chi connectivity index (χ0) is 10.8. The lowest BCUT2D eigenvalue weighted by atomic mass is 9.95. The van der Waals surface area contributed by atoms with Crippen LogP contribution in [0.2, 0.25) is 0 Å². The predicted molar refractivity (Wildman–Crippen MR) is 59.5 cm³/mol. The van der Waals surface area contributed by atoms with Crippen molar-refractivity contribution in [3.8, 4) is 11.5 Å². The Labute approximate surface area is 90.2 Å². The minimum atomic E-state index is 0.204. The predicted octanol–water partition coefficient (Wildman–Crippen LogP) is 1.91. The summed E-state index contributed by atoms with van der Waals surface area (Å²) in [6, 6.07) is 6.15. The van der Waals surface area contributed by atoms with Crippen molar-refractivity contribution in [3.05, 3.63) is 23.8 Å². The van der Waals surface area contributed by atoms with Crippen LogP contribution in [0.1, 0.15) is 24.8 Å². The topological polar surface area (TPSA) is 44.5 Å². The van der Waals surface area contributed by atoms with Crippen LogP contribution in [0.15, 0.2) is 18.2 Å². The third kappa shape index (κ3) is 2.07. The SMILES string of the molecule is COc1ccc2c(c1)C(CC(C)N)CO2. The van der Waals surface area contributed by atoms with E-state index in [2.05, 4.69) is 6.07 Å². The molecule has 2 atom stereocenters. The lowest BCUT2D eigenvalue weighted by Gasteiger charge is -2.11. The Hall–Kier alpha value is -1.22. The molecule has 0 spiro atoms. The van der Waals surface area contributed by atoms with E-state index in [1.54, 1.807) is 7.11 Å². The largest absolute Gasteiger partial charge is 0.497 e. The van der Waals surface area contributed by atoms with Gasteiger partial charge in [-0.15, -0.1) is 0 Å². The second-order valence-corrected chi connectivity index (χ2v) is 4.12. The average Bonchev–Trinajstić information content (AvgIpc) is 2.60. The van der Waals surface area contributed by atoms with Crippen molar-refractivity contribution < 1.29 is 9.47 Å². The van der Waals surface area contributed by atoms with Crippen LogP contribution in [-0.4, -0.2) is 19.8 Å². The molecular formula is C12H17NO2. The minimum absolute atomic E-state index is 0.204. The van der Waals surface area contributed by atoms with E-state index < -0.39 is 0 Å². The number of fused-ring (bicyclic) bond motifs is 1. The Balaban J connectivity index is 2.23. The number of benzene rings is 1. The van der Waals surface area contributed by atoms with Crippen LogP contribution >= 0.6 is 0 Å². The molecule has 3 nitrogen and oxygen atoms in total. The summed E-state index contributed by atoms with van der Waals surface area (Å²) in [7, 11) is 1.68. The summed E-state index contributed by atoms with van der Waals surface area (Å²) >= 11 is 0. The van der Waals surface area contributed by atoms with Gasteiger partial charge in [-0.3, -0.25) is 0 Å². The third-order valence-electron chi connectivity index (χ3n) is 2.75. The monoisotopic (exact) mass is 207 g/mol. The maximum atomic E-state index is 5.81. The summed E-state index contributed by atoms with van der Waals surface area (Å²) in [5.41, 5.74) is 7.04. The number of ether oxygens (including phenoxy) is 2. The second kappa shape index (κ2) is 4.11. The molecule has 0 saturated carbocycles. The van der Waals surface area contributed by atoms with E-state index in [9.17, 15) is 0 Å². The van der Waals surface area contributed by atoms with Crippen molar-refractivity contribution in [1.82, 2.24) is 0 Å². The van der Waals surface area contributed by atoms with Crippen molar-refractivity contribution in [3.63, 3.8) is 0 Å². The molecule has 0 radical (unpaired) electrons. The van der Waals surface area contributed by atoms with Crippen LogP contribution in [0.4, 0.5) is 0 Å². The molecule has 2 rings (SSSR count). The molecule has 2 unspecified atom stereocenters. The Kier molecular flexibility index (Phi) is 2.82. The van der Waals surface area contributed by atoms with E-state index in [0.29, 0.717) is 5.92 Å². The summed E-state index contributed by atoms with van der Waals surface area (Å²) in [4.78, 5) is 0. The summed E-state index contributed by atoms with van der Waals surface area (Å²) in [6.07, 6.45) is 0.958. The van der Waals surface area contributed by atoms with E-state index in [4.69, 9.17) is 15.2 Å². The molecule has 0 fully saturated rings. The molecule has 1 heterocycles. The van der Waals surface area contributed by atoms with Crippen LogP contribution in [-0.2, 0) is 0 Å². The van der Waals surface area contributed by atoms with Crippen LogP contribution in [0.25, 0.3) is 0 Å². The molecule has 1 aromatic carbocycles. The number of rotatable bonds is 3. The van der Waals surface area contributed by atoms with Gasteiger partial charge in [-0.1, -0.05) is 0 Å². The first-order valence-corrected chi connectivity index (χ1v) is 5.27. The molecule has 0 aliphatic carbocycles. The highest BCUT2D eigenvalue weighted by Crippen LogP contribution is 2.38. The fraction of sp³-hybridized carbons (Fsp3) is 0.500. The summed E-state index contributed by atoms with van der Waals surface area (Å²) in [6.45, 7) is 2.77. The van der Waals surface area contributed by atoms with Gasteiger partial charge in [-0.2, -0.15) is 0 Å². The highest BCUT2D eigenvalue weighted by molar-refractivity contribution is 5.45. The Morgan fingerprint density at radius 3 is 3.07 bits per heavy atom. The van der Waals surface area contributed by atoms with Crippen LogP contribution in [0, 0.1) is 0 Å². The number of nitrogens with two attached hydrogens (primary N) is 1. The Morgan fingerprint density at radius 1 is 1.60 bits per heavy atom. The van der Waals surface area contributed by atoms with E-state index in [0.717, 1.165) is 24.5 Å². The smallest absolute Gasteiger partial charge is 0.123 e. The van der Waals surface area contributed by atoms with Crippen molar-refractivity contribution >= 4 is 0 Å². The third-order valence-corrected chi connectivity index (χ3v) is 2.75. The van der Waals surface area contributed by atoms with Crippen molar-refractivity contribution in [2.45, 2.75) is 25.3 Å². The van der Waals surface area contributed by atoms with Gasteiger partial charge in [-0.25, -0.2) is 0 Å². The second-order valence-electron chi connectivity index (χ2n) is 4.12. The van der Waals surface area contributed by atoms with Gasteiger partial charge in [0.1, 0.15) is 11.5 Å². The molecule has 1 aliphatic heterocycles. The molecule has 1 aromatic rings. The lowest BCUT2D eigenvalue weighted by molar-refractivity contribution is 0.320. The first-order valence-electron chi connectivity index (χ1n) is 5.27. The van der Waals surface area contributed by atoms with Crippen molar-refractivity contribution in [2.24, 2.45) is 5.73 Å². The zero-order valence-corrected chi connectivity index (χ0v) is 9.19. The fourth-order valence-corrected chi connectivity index (χ4v) is 2.03. The van der Waals surface area contributed by atoms with Crippen LogP contribution < -0.4 is 15.2 Å². The quantitative estimate of drug-likeness (QED) is 0.823. The highest BCUT2D eigenvalue weighted by atomic mass is 16.5.